The van der Waals surface area contributed by atoms with E-state index < -0.39 is 21.9 Å². The highest BCUT2D eigenvalue weighted by atomic mass is 32.2. The van der Waals surface area contributed by atoms with Crippen molar-refractivity contribution < 1.29 is 17.5 Å². The number of halogens is 1. The quantitative estimate of drug-likeness (QED) is 0.762. The van der Waals surface area contributed by atoms with Crippen molar-refractivity contribution in [2.45, 2.75) is 24.8 Å². The number of hydrogen-bond donors (Lipinski definition) is 2. The molecule has 0 aliphatic rings. The first-order valence-electron chi connectivity index (χ1n) is 6.49. The Morgan fingerprint density at radius 3 is 2.81 bits per heavy atom. The molecule has 0 saturated carbocycles. The van der Waals surface area contributed by atoms with E-state index in [4.69, 9.17) is 10.5 Å². The van der Waals surface area contributed by atoms with E-state index in [-0.39, 0.29) is 23.6 Å². The van der Waals surface area contributed by atoms with Gasteiger partial charge in [0.2, 0.25) is 10.0 Å². The minimum Gasteiger partial charge on any atom is -0.380 e. The van der Waals surface area contributed by atoms with Gasteiger partial charge in [-0.1, -0.05) is 11.8 Å². The number of sulfonamides is 1. The molecule has 1 aromatic rings. The van der Waals surface area contributed by atoms with Crippen molar-refractivity contribution in [2.24, 2.45) is 5.73 Å². The van der Waals surface area contributed by atoms with Crippen LogP contribution in [0.15, 0.2) is 23.1 Å². The molecule has 1 aromatic carbocycles. The fraction of sp³-hybridized carbons (Fsp3) is 0.429. The molecule has 0 aromatic heterocycles. The summed E-state index contributed by atoms with van der Waals surface area (Å²) in [5.74, 6) is 4.54. The predicted octanol–water partition coefficient (Wildman–Crippen LogP) is 0.839. The van der Waals surface area contributed by atoms with Crippen molar-refractivity contribution in [3.05, 3.63) is 29.6 Å². The summed E-state index contributed by atoms with van der Waals surface area (Å²) in [6, 6.07) is 2.93. The molecule has 116 valence electrons. The Kier molecular flexibility index (Phi) is 6.78. The van der Waals surface area contributed by atoms with Gasteiger partial charge in [-0.3, -0.25) is 0 Å². The number of rotatable bonds is 6. The lowest BCUT2D eigenvalue weighted by Crippen LogP contribution is -2.36. The third-order valence-electron chi connectivity index (χ3n) is 2.48. The van der Waals surface area contributed by atoms with Gasteiger partial charge < -0.3 is 10.5 Å². The molecule has 0 heterocycles. The number of ether oxygens (including phenoxy) is 1. The van der Waals surface area contributed by atoms with Crippen LogP contribution < -0.4 is 10.5 Å². The van der Waals surface area contributed by atoms with Gasteiger partial charge in [-0.2, -0.15) is 0 Å². The predicted molar refractivity (Wildman–Crippen MR) is 78.6 cm³/mol. The molecule has 7 heteroatoms. The lowest BCUT2D eigenvalue weighted by atomic mass is 10.2. The summed E-state index contributed by atoms with van der Waals surface area (Å²) in [7, 11) is -3.81. The minimum absolute atomic E-state index is 0.0597. The maximum absolute atomic E-state index is 13.3. The van der Waals surface area contributed by atoms with E-state index in [0.717, 1.165) is 12.1 Å². The van der Waals surface area contributed by atoms with E-state index in [2.05, 4.69) is 16.6 Å². The molecule has 0 aliphatic carbocycles. The van der Waals surface area contributed by atoms with Crippen molar-refractivity contribution in [2.75, 3.05) is 19.8 Å². The van der Waals surface area contributed by atoms with E-state index in [9.17, 15) is 12.8 Å². The van der Waals surface area contributed by atoms with Crippen LogP contribution in [0.4, 0.5) is 4.39 Å². The molecule has 21 heavy (non-hydrogen) atoms. The van der Waals surface area contributed by atoms with Gasteiger partial charge in [-0.05, 0) is 32.0 Å². The van der Waals surface area contributed by atoms with E-state index in [1.807, 2.05) is 6.92 Å². The molecule has 0 bridgehead atoms. The largest absolute Gasteiger partial charge is 0.380 e. The highest BCUT2D eigenvalue weighted by Gasteiger charge is 2.20. The van der Waals surface area contributed by atoms with Gasteiger partial charge in [0.25, 0.3) is 0 Å². The molecule has 1 atom stereocenters. The van der Waals surface area contributed by atoms with E-state index in [0.29, 0.717) is 6.61 Å². The lowest BCUT2D eigenvalue weighted by molar-refractivity contribution is 0.133. The van der Waals surface area contributed by atoms with Gasteiger partial charge in [0.15, 0.2) is 0 Å². The van der Waals surface area contributed by atoms with Crippen molar-refractivity contribution in [1.29, 1.82) is 0 Å². The number of nitrogens with two attached hydrogens (primary N) is 1. The van der Waals surface area contributed by atoms with Gasteiger partial charge >= 0.3 is 0 Å². The van der Waals surface area contributed by atoms with Gasteiger partial charge in [0.05, 0.1) is 18.0 Å². The van der Waals surface area contributed by atoms with Gasteiger partial charge in [0, 0.05) is 18.2 Å². The SMILES string of the molecule is CCOCC(C)NS(=O)(=O)c1ccc(F)cc1C#CCN. The van der Waals surface area contributed by atoms with Crippen LogP contribution in [-0.2, 0) is 14.8 Å². The average Bonchev–Trinajstić information content (AvgIpc) is 2.42. The maximum Gasteiger partial charge on any atom is 0.242 e. The minimum atomic E-state index is -3.81. The zero-order valence-electron chi connectivity index (χ0n) is 12.0. The Morgan fingerprint density at radius 2 is 2.19 bits per heavy atom. The fourth-order valence-electron chi connectivity index (χ4n) is 1.64. The number of hydrogen-bond acceptors (Lipinski definition) is 4. The van der Waals surface area contributed by atoms with Gasteiger partial charge in [-0.15, -0.1) is 0 Å². The fourth-order valence-corrected chi connectivity index (χ4v) is 3.01. The first-order valence-corrected chi connectivity index (χ1v) is 7.97. The number of nitrogens with one attached hydrogen (secondary N) is 1. The molecule has 0 aliphatic heterocycles. The third kappa shape index (κ3) is 5.44. The zero-order valence-corrected chi connectivity index (χ0v) is 12.8. The monoisotopic (exact) mass is 314 g/mol. The zero-order chi connectivity index (χ0) is 15.9. The second-order valence-corrected chi connectivity index (χ2v) is 6.01. The summed E-state index contributed by atoms with van der Waals surface area (Å²) < 4.78 is 45.5. The summed E-state index contributed by atoms with van der Waals surface area (Å²) in [6.45, 7) is 4.31. The van der Waals surface area contributed by atoms with Crippen molar-refractivity contribution in [1.82, 2.24) is 4.72 Å². The second kappa shape index (κ2) is 8.10. The summed E-state index contributed by atoms with van der Waals surface area (Å²) >= 11 is 0. The Bertz CT molecular complexity index is 635. The number of benzene rings is 1. The Labute approximate surface area is 124 Å². The summed E-state index contributed by atoms with van der Waals surface area (Å²) in [5, 5.41) is 0. The summed E-state index contributed by atoms with van der Waals surface area (Å²) in [4.78, 5) is -0.0757. The molecule has 1 unspecified atom stereocenters. The van der Waals surface area contributed by atoms with Crippen molar-refractivity contribution >= 4 is 10.0 Å². The van der Waals surface area contributed by atoms with Crippen LogP contribution >= 0.6 is 0 Å². The van der Waals surface area contributed by atoms with Crippen molar-refractivity contribution in [3.8, 4) is 11.8 Å². The maximum atomic E-state index is 13.3. The van der Waals surface area contributed by atoms with Crippen LogP contribution in [-0.4, -0.2) is 34.2 Å². The van der Waals surface area contributed by atoms with Crippen LogP contribution in [0.2, 0.25) is 0 Å². The van der Waals surface area contributed by atoms with Gasteiger partial charge in [-0.25, -0.2) is 17.5 Å². The van der Waals surface area contributed by atoms with Crippen LogP contribution in [0.1, 0.15) is 19.4 Å². The Balaban J connectivity index is 3.07. The van der Waals surface area contributed by atoms with Crippen LogP contribution in [0, 0.1) is 17.7 Å². The molecule has 1 rings (SSSR count). The lowest BCUT2D eigenvalue weighted by Gasteiger charge is -2.15. The molecular formula is C14H19FN2O3S. The van der Waals surface area contributed by atoms with E-state index in [1.54, 1.807) is 6.92 Å². The van der Waals surface area contributed by atoms with Crippen LogP contribution in [0.5, 0.6) is 0 Å². The highest BCUT2D eigenvalue weighted by molar-refractivity contribution is 7.89. The summed E-state index contributed by atoms with van der Waals surface area (Å²) in [6.07, 6.45) is 0. The molecular weight excluding hydrogens is 295 g/mol. The molecule has 0 saturated heterocycles. The molecule has 0 amide bonds. The standard InChI is InChI=1S/C14H19FN2O3S/c1-3-20-10-11(2)17-21(18,19)14-7-6-13(15)9-12(14)5-4-8-16/h6-7,9,11,17H,3,8,10,16H2,1-2H3. The van der Waals surface area contributed by atoms with Crippen LogP contribution in [0.25, 0.3) is 0 Å². The molecule has 0 spiro atoms. The highest BCUT2D eigenvalue weighted by Crippen LogP contribution is 2.16. The second-order valence-electron chi connectivity index (χ2n) is 4.33. The van der Waals surface area contributed by atoms with E-state index in [1.165, 1.54) is 6.07 Å². The summed E-state index contributed by atoms with van der Waals surface area (Å²) in [5.41, 5.74) is 5.34. The average molecular weight is 314 g/mol. The normalized spacial score (nSPS) is 12.6. The molecule has 0 radical (unpaired) electrons. The van der Waals surface area contributed by atoms with Crippen LogP contribution in [0.3, 0.4) is 0 Å². The van der Waals surface area contributed by atoms with E-state index >= 15 is 0 Å². The first-order chi connectivity index (χ1) is 9.90. The Hall–Kier alpha value is -1.46. The molecule has 3 N–H and O–H groups in total. The molecule has 0 fully saturated rings. The van der Waals surface area contributed by atoms with Gasteiger partial charge in [0.1, 0.15) is 5.82 Å². The third-order valence-corrected chi connectivity index (χ3v) is 4.13. The molecule has 5 nitrogen and oxygen atoms in total. The smallest absolute Gasteiger partial charge is 0.242 e. The first kappa shape index (κ1) is 17.6. The topological polar surface area (TPSA) is 81.4 Å². The van der Waals surface area contributed by atoms with Crippen molar-refractivity contribution in [3.63, 3.8) is 0 Å². The Morgan fingerprint density at radius 1 is 1.48 bits per heavy atom.